The number of nitrogens with one attached hydrogen (secondary N) is 1. The lowest BCUT2D eigenvalue weighted by Gasteiger charge is -2.13. The zero-order valence-electron chi connectivity index (χ0n) is 16.6. The molecule has 0 aliphatic carbocycles. The van der Waals surface area contributed by atoms with Crippen molar-refractivity contribution in [2.24, 2.45) is 0 Å². The lowest BCUT2D eigenvalue weighted by molar-refractivity contribution is -0.116. The van der Waals surface area contributed by atoms with E-state index in [-0.39, 0.29) is 17.3 Å². The normalized spacial score (nSPS) is 11.5. The number of carbonyl (C=O) groups is 3. The summed E-state index contributed by atoms with van der Waals surface area (Å²) >= 11 is 0. The number of benzene rings is 2. The molecule has 0 fully saturated rings. The van der Waals surface area contributed by atoms with E-state index >= 15 is 0 Å². The van der Waals surface area contributed by atoms with E-state index in [1.807, 2.05) is 6.92 Å². The van der Waals surface area contributed by atoms with Gasteiger partial charge in [-0.3, -0.25) is 9.59 Å². The van der Waals surface area contributed by atoms with Crippen LogP contribution >= 0.6 is 0 Å². The number of hydrogen-bond donors (Lipinski definition) is 1. The first-order valence-electron chi connectivity index (χ1n) is 9.46. The summed E-state index contributed by atoms with van der Waals surface area (Å²) in [5, 5.41) is 13.6. The first-order valence-corrected chi connectivity index (χ1v) is 9.46. The molecular weight excluding hydrogens is 386 g/mol. The smallest absolute Gasteiger partial charge is 0.338 e. The van der Waals surface area contributed by atoms with Crippen LogP contribution in [0.3, 0.4) is 0 Å². The number of nitrogens with zero attached hydrogens (tertiary/aromatic N) is 4. The predicted molar refractivity (Wildman–Crippen MR) is 108 cm³/mol. The highest BCUT2D eigenvalue weighted by Crippen LogP contribution is 2.15. The van der Waals surface area contributed by atoms with Gasteiger partial charge in [0.15, 0.2) is 6.10 Å². The molecule has 9 nitrogen and oxygen atoms in total. The monoisotopic (exact) mass is 407 g/mol. The van der Waals surface area contributed by atoms with Crippen molar-refractivity contribution in [3.05, 3.63) is 66.0 Å². The maximum atomic E-state index is 12.6. The van der Waals surface area contributed by atoms with Crippen molar-refractivity contribution in [1.82, 2.24) is 20.2 Å². The third-order valence-electron chi connectivity index (χ3n) is 4.28. The number of ether oxygens (including phenoxy) is 1. The summed E-state index contributed by atoms with van der Waals surface area (Å²) in [7, 11) is 0. The van der Waals surface area contributed by atoms with Crippen LogP contribution in [0.2, 0.25) is 0 Å². The minimum absolute atomic E-state index is 0.0808. The average molecular weight is 407 g/mol. The fraction of sp³-hybridized carbons (Fsp3) is 0.238. The molecule has 0 aliphatic heterocycles. The van der Waals surface area contributed by atoms with E-state index in [2.05, 4.69) is 20.8 Å². The van der Waals surface area contributed by atoms with Gasteiger partial charge in [-0.05, 0) is 66.2 Å². The number of esters is 1. The third-order valence-corrected chi connectivity index (χ3v) is 4.28. The Morgan fingerprint density at radius 1 is 1.10 bits per heavy atom. The number of tetrazole rings is 1. The molecule has 1 heterocycles. The van der Waals surface area contributed by atoms with Crippen LogP contribution in [-0.2, 0) is 9.53 Å². The SMILES string of the molecule is CCCC(=O)Nc1ccc(C(=O)C(C)OC(=O)c2cccc(-n3cnnn3)c2)cc1. The summed E-state index contributed by atoms with van der Waals surface area (Å²) in [6.45, 7) is 3.44. The molecule has 0 saturated heterocycles. The number of amides is 1. The molecule has 0 radical (unpaired) electrons. The Bertz CT molecular complexity index is 1030. The Labute approximate surface area is 173 Å². The summed E-state index contributed by atoms with van der Waals surface area (Å²) < 4.78 is 6.74. The van der Waals surface area contributed by atoms with Gasteiger partial charge in [0.1, 0.15) is 6.33 Å². The van der Waals surface area contributed by atoms with Gasteiger partial charge in [-0.25, -0.2) is 9.48 Å². The summed E-state index contributed by atoms with van der Waals surface area (Å²) in [6, 6.07) is 13.0. The summed E-state index contributed by atoms with van der Waals surface area (Å²) in [6.07, 6.45) is 1.62. The molecule has 0 saturated carbocycles. The second kappa shape index (κ2) is 9.55. The Morgan fingerprint density at radius 3 is 2.53 bits per heavy atom. The lowest BCUT2D eigenvalue weighted by Crippen LogP contribution is -2.24. The molecule has 1 unspecified atom stereocenters. The highest BCUT2D eigenvalue weighted by molar-refractivity contribution is 6.02. The number of anilines is 1. The minimum atomic E-state index is -0.977. The molecule has 0 aliphatic rings. The first kappa shape index (κ1) is 20.8. The number of rotatable bonds is 8. The fourth-order valence-electron chi connectivity index (χ4n) is 2.74. The minimum Gasteiger partial charge on any atom is -0.451 e. The molecule has 1 N–H and O–H groups in total. The average Bonchev–Trinajstić information content (AvgIpc) is 3.29. The molecule has 0 spiro atoms. The summed E-state index contributed by atoms with van der Waals surface area (Å²) in [5.41, 5.74) is 1.85. The summed E-state index contributed by atoms with van der Waals surface area (Å²) in [4.78, 5) is 36.7. The zero-order chi connectivity index (χ0) is 21.5. The number of Topliss-reactive ketones (excluding diaryl/α,β-unsaturated/α-hetero) is 1. The zero-order valence-corrected chi connectivity index (χ0v) is 16.6. The van der Waals surface area contributed by atoms with E-state index in [0.717, 1.165) is 6.42 Å². The Kier molecular flexibility index (Phi) is 6.63. The quantitative estimate of drug-likeness (QED) is 0.451. The number of ketones is 1. The van der Waals surface area contributed by atoms with Gasteiger partial charge in [-0.1, -0.05) is 13.0 Å². The van der Waals surface area contributed by atoms with Crippen LogP contribution in [0.15, 0.2) is 54.9 Å². The van der Waals surface area contributed by atoms with Crippen LogP contribution in [0.4, 0.5) is 5.69 Å². The largest absolute Gasteiger partial charge is 0.451 e. The van der Waals surface area contributed by atoms with Gasteiger partial charge >= 0.3 is 5.97 Å². The van der Waals surface area contributed by atoms with E-state index in [9.17, 15) is 14.4 Å². The molecular formula is C21H21N5O4. The van der Waals surface area contributed by atoms with Gasteiger partial charge in [-0.15, -0.1) is 5.10 Å². The molecule has 9 heteroatoms. The number of hydrogen-bond acceptors (Lipinski definition) is 7. The first-order chi connectivity index (χ1) is 14.5. The third kappa shape index (κ3) is 5.13. The van der Waals surface area contributed by atoms with Gasteiger partial charge in [0, 0.05) is 17.7 Å². The molecule has 2 aromatic carbocycles. The standard InChI is InChI=1S/C21H21N5O4/c1-3-5-19(27)23-17-10-8-15(9-11-17)20(28)14(2)30-21(29)16-6-4-7-18(12-16)26-13-22-24-25-26/h4,6-14H,3,5H2,1-2H3,(H,23,27). The van der Waals surface area contributed by atoms with Crippen LogP contribution in [0.5, 0.6) is 0 Å². The van der Waals surface area contributed by atoms with Crippen LogP contribution in [0.1, 0.15) is 47.4 Å². The molecule has 30 heavy (non-hydrogen) atoms. The van der Waals surface area contributed by atoms with Crippen LogP contribution in [0, 0.1) is 0 Å². The second-order valence-electron chi connectivity index (χ2n) is 6.59. The molecule has 3 aromatic rings. The van der Waals surface area contributed by atoms with Crippen molar-refractivity contribution in [2.45, 2.75) is 32.8 Å². The maximum absolute atomic E-state index is 12.6. The van der Waals surface area contributed by atoms with E-state index in [1.54, 1.807) is 48.5 Å². The fourth-order valence-corrected chi connectivity index (χ4v) is 2.74. The van der Waals surface area contributed by atoms with E-state index in [1.165, 1.54) is 17.9 Å². The van der Waals surface area contributed by atoms with Crippen molar-refractivity contribution in [3.63, 3.8) is 0 Å². The van der Waals surface area contributed by atoms with Gasteiger partial charge in [0.05, 0.1) is 11.3 Å². The second-order valence-corrected chi connectivity index (χ2v) is 6.59. The van der Waals surface area contributed by atoms with E-state index in [4.69, 9.17) is 4.74 Å². The van der Waals surface area contributed by atoms with Crippen LogP contribution in [0.25, 0.3) is 5.69 Å². The van der Waals surface area contributed by atoms with Crippen molar-refractivity contribution < 1.29 is 19.1 Å². The summed E-state index contributed by atoms with van der Waals surface area (Å²) in [5.74, 6) is -1.05. The van der Waals surface area contributed by atoms with Gasteiger partial charge in [-0.2, -0.15) is 0 Å². The van der Waals surface area contributed by atoms with E-state index < -0.39 is 12.1 Å². The molecule has 154 valence electrons. The van der Waals surface area contributed by atoms with Crippen molar-refractivity contribution in [2.75, 3.05) is 5.32 Å². The Morgan fingerprint density at radius 2 is 1.87 bits per heavy atom. The lowest BCUT2D eigenvalue weighted by atomic mass is 10.1. The van der Waals surface area contributed by atoms with Crippen molar-refractivity contribution >= 4 is 23.3 Å². The molecule has 0 bridgehead atoms. The van der Waals surface area contributed by atoms with Crippen molar-refractivity contribution in [1.29, 1.82) is 0 Å². The predicted octanol–water partition coefficient (Wildman–Crippen LogP) is 2.83. The van der Waals surface area contributed by atoms with Gasteiger partial charge in [0.25, 0.3) is 0 Å². The van der Waals surface area contributed by atoms with Crippen LogP contribution < -0.4 is 5.32 Å². The Balaban J connectivity index is 1.63. The number of carbonyl (C=O) groups excluding carboxylic acids is 3. The molecule has 1 amide bonds. The van der Waals surface area contributed by atoms with Gasteiger partial charge in [0.2, 0.25) is 11.7 Å². The highest BCUT2D eigenvalue weighted by Gasteiger charge is 2.21. The number of aromatic nitrogens is 4. The molecule has 1 aromatic heterocycles. The van der Waals surface area contributed by atoms with Gasteiger partial charge < -0.3 is 10.1 Å². The van der Waals surface area contributed by atoms with Crippen molar-refractivity contribution in [3.8, 4) is 5.69 Å². The molecule has 1 atom stereocenters. The van der Waals surface area contributed by atoms with Crippen LogP contribution in [-0.4, -0.2) is 44.0 Å². The van der Waals surface area contributed by atoms with E-state index in [0.29, 0.717) is 23.4 Å². The topological polar surface area (TPSA) is 116 Å². The Hall–Kier alpha value is -3.88. The maximum Gasteiger partial charge on any atom is 0.338 e. The molecule has 3 rings (SSSR count). The highest BCUT2D eigenvalue weighted by atomic mass is 16.5.